The molecule has 6 rings (SSSR count). The molecule has 0 aromatic carbocycles. The second-order valence-electron chi connectivity index (χ2n) is 9.92. The van der Waals surface area contributed by atoms with Crippen LogP contribution in [-0.2, 0) is 0 Å². The van der Waals surface area contributed by atoms with E-state index in [0.29, 0.717) is 29.6 Å². The number of nitrogens with one attached hydrogen (secondary N) is 1. The van der Waals surface area contributed by atoms with Gasteiger partial charge in [0.2, 0.25) is 5.89 Å². The van der Waals surface area contributed by atoms with Crippen molar-refractivity contribution in [2.45, 2.75) is 44.8 Å². The molecule has 0 saturated carbocycles. The number of hydrogen-bond donors (Lipinski definition) is 3. The number of fused-ring (bicyclic) bond motifs is 1. The van der Waals surface area contributed by atoms with Gasteiger partial charge in [-0.15, -0.1) is 12.4 Å². The number of halogens is 1. The summed E-state index contributed by atoms with van der Waals surface area (Å²) >= 11 is 1.51. The van der Waals surface area contributed by atoms with Crippen molar-refractivity contribution >= 4 is 56.6 Å². The number of β-amino-alcohol motifs (C(OH)–C–C–N with tert-alkyl or cyclic N) is 1. The van der Waals surface area contributed by atoms with E-state index in [4.69, 9.17) is 20.1 Å². The van der Waals surface area contributed by atoms with E-state index in [1.807, 2.05) is 19.1 Å². The lowest BCUT2D eigenvalue weighted by molar-refractivity contribution is 0.102. The van der Waals surface area contributed by atoms with Crippen molar-refractivity contribution in [1.82, 2.24) is 19.9 Å². The van der Waals surface area contributed by atoms with E-state index in [1.54, 1.807) is 12.3 Å². The molecule has 206 valence electrons. The number of aryl methyl sites for hydroxylation is 1. The quantitative estimate of drug-likeness (QED) is 0.325. The molecule has 6 heterocycles. The average Bonchev–Trinajstić information content (AvgIpc) is 3.57. The van der Waals surface area contributed by atoms with Gasteiger partial charge in [-0.1, -0.05) is 11.3 Å². The lowest BCUT2D eigenvalue weighted by Gasteiger charge is -2.32. The lowest BCUT2D eigenvalue weighted by atomic mass is 10.1. The molecule has 0 aliphatic carbocycles. The summed E-state index contributed by atoms with van der Waals surface area (Å²) in [6.07, 6.45) is 6.11. The van der Waals surface area contributed by atoms with Gasteiger partial charge in [0, 0.05) is 49.7 Å². The van der Waals surface area contributed by atoms with Crippen LogP contribution in [-0.4, -0.2) is 69.3 Å². The molecule has 13 heteroatoms. The zero-order valence-electron chi connectivity index (χ0n) is 21.5. The first-order valence-electron chi connectivity index (χ1n) is 12.9. The van der Waals surface area contributed by atoms with Gasteiger partial charge in [0.15, 0.2) is 22.3 Å². The Morgan fingerprint density at radius 2 is 1.97 bits per heavy atom. The minimum Gasteiger partial charge on any atom is -0.444 e. The second kappa shape index (κ2) is 11.4. The largest absolute Gasteiger partial charge is 0.444 e. The van der Waals surface area contributed by atoms with Crippen LogP contribution >= 0.6 is 23.7 Å². The number of rotatable bonds is 5. The maximum atomic E-state index is 13.3. The number of anilines is 3. The molecule has 11 nitrogen and oxygen atoms in total. The van der Waals surface area contributed by atoms with Crippen molar-refractivity contribution < 1.29 is 14.3 Å². The van der Waals surface area contributed by atoms with Crippen molar-refractivity contribution in [2.24, 2.45) is 5.73 Å². The molecule has 2 fully saturated rings. The Morgan fingerprint density at radius 1 is 1.15 bits per heavy atom. The molecule has 0 spiro atoms. The number of aliphatic hydroxyl groups is 1. The van der Waals surface area contributed by atoms with Crippen LogP contribution in [0.3, 0.4) is 0 Å². The number of nitrogens with two attached hydrogens (primary N) is 1. The molecule has 0 unspecified atom stereocenters. The van der Waals surface area contributed by atoms with E-state index in [0.717, 1.165) is 66.4 Å². The molecule has 1 amide bonds. The van der Waals surface area contributed by atoms with Gasteiger partial charge in [0.05, 0.1) is 16.5 Å². The first-order valence-corrected chi connectivity index (χ1v) is 13.7. The van der Waals surface area contributed by atoms with Gasteiger partial charge < -0.3 is 30.4 Å². The average molecular weight is 571 g/mol. The van der Waals surface area contributed by atoms with Gasteiger partial charge in [-0.25, -0.2) is 9.97 Å². The van der Waals surface area contributed by atoms with E-state index in [-0.39, 0.29) is 36.2 Å². The van der Waals surface area contributed by atoms with Gasteiger partial charge in [0.1, 0.15) is 6.26 Å². The van der Waals surface area contributed by atoms with Crippen LogP contribution < -0.4 is 20.9 Å². The first-order chi connectivity index (χ1) is 18.4. The topological polar surface area (TPSA) is 147 Å². The Morgan fingerprint density at radius 3 is 2.74 bits per heavy atom. The number of aliphatic hydroxyl groups excluding tert-OH is 1. The number of carbonyl (C=O) groups is 1. The van der Waals surface area contributed by atoms with E-state index in [1.165, 1.54) is 17.6 Å². The maximum Gasteiger partial charge on any atom is 0.277 e. The molecule has 4 aromatic heterocycles. The van der Waals surface area contributed by atoms with Crippen molar-refractivity contribution in [1.29, 1.82) is 0 Å². The third kappa shape index (κ3) is 5.83. The fourth-order valence-electron chi connectivity index (χ4n) is 4.93. The van der Waals surface area contributed by atoms with E-state index >= 15 is 0 Å². The van der Waals surface area contributed by atoms with Crippen LogP contribution in [0.2, 0.25) is 0 Å². The Balaban J connectivity index is 0.00000308. The molecule has 39 heavy (non-hydrogen) atoms. The Kier molecular flexibility index (Phi) is 7.98. The Bertz CT molecular complexity index is 1470. The molecular formula is C26H31ClN8O3S. The zero-order chi connectivity index (χ0) is 26.2. The number of nitrogens with zero attached hydrogens (tertiary/aromatic N) is 6. The number of hydrogen-bond acceptors (Lipinski definition) is 11. The predicted octanol–water partition coefficient (Wildman–Crippen LogP) is 3.61. The highest BCUT2D eigenvalue weighted by Crippen LogP contribution is 2.36. The van der Waals surface area contributed by atoms with Crippen LogP contribution in [0.15, 0.2) is 35.1 Å². The number of oxazole rings is 1. The molecule has 2 saturated heterocycles. The lowest BCUT2D eigenvalue weighted by Crippen LogP contribution is -2.40. The monoisotopic (exact) mass is 570 g/mol. The molecule has 2 aliphatic rings. The van der Waals surface area contributed by atoms with Gasteiger partial charge >= 0.3 is 0 Å². The number of pyridine rings is 2. The normalized spacial score (nSPS) is 18.3. The van der Waals surface area contributed by atoms with Gasteiger partial charge in [-0.05, 0) is 50.8 Å². The van der Waals surface area contributed by atoms with Crippen LogP contribution in [0.5, 0.6) is 0 Å². The minimum atomic E-state index is -0.384. The maximum absolute atomic E-state index is 13.3. The van der Waals surface area contributed by atoms with Crippen LogP contribution in [0, 0.1) is 6.92 Å². The molecular weight excluding hydrogens is 540 g/mol. The summed E-state index contributed by atoms with van der Waals surface area (Å²) in [5.74, 6) is 0.642. The molecule has 4 N–H and O–H groups in total. The van der Waals surface area contributed by atoms with Crippen molar-refractivity contribution in [2.75, 3.05) is 41.3 Å². The first kappa shape index (κ1) is 27.3. The summed E-state index contributed by atoms with van der Waals surface area (Å²) in [5, 5.41) is 14.0. The summed E-state index contributed by atoms with van der Waals surface area (Å²) < 4.78 is 6.46. The fourth-order valence-corrected chi connectivity index (χ4v) is 5.91. The number of carbonyl (C=O) groups excluding carboxylic acids is 1. The molecule has 1 atom stereocenters. The molecule has 0 radical (unpaired) electrons. The van der Waals surface area contributed by atoms with Crippen molar-refractivity contribution in [3.05, 3.63) is 42.0 Å². The molecule has 4 aromatic rings. The number of aromatic nitrogens is 4. The summed E-state index contributed by atoms with van der Waals surface area (Å²) in [4.78, 5) is 35.8. The zero-order valence-corrected chi connectivity index (χ0v) is 23.2. The summed E-state index contributed by atoms with van der Waals surface area (Å²) in [7, 11) is 0. The van der Waals surface area contributed by atoms with Crippen LogP contribution in [0.25, 0.3) is 21.8 Å². The highest BCUT2D eigenvalue weighted by molar-refractivity contribution is 7.22. The van der Waals surface area contributed by atoms with Gasteiger partial charge in [-0.2, -0.15) is 4.98 Å². The second-order valence-corrected chi connectivity index (χ2v) is 10.9. The third-order valence-corrected chi connectivity index (χ3v) is 8.04. The van der Waals surface area contributed by atoms with Crippen LogP contribution in [0.4, 0.5) is 16.6 Å². The number of piperidine rings is 2. The molecule has 0 bridgehead atoms. The highest BCUT2D eigenvalue weighted by atomic mass is 35.5. The minimum absolute atomic E-state index is 0. The van der Waals surface area contributed by atoms with Gasteiger partial charge in [0.25, 0.3) is 5.91 Å². The van der Waals surface area contributed by atoms with E-state index < -0.39 is 0 Å². The number of amides is 1. The van der Waals surface area contributed by atoms with E-state index in [9.17, 15) is 9.90 Å². The summed E-state index contributed by atoms with van der Waals surface area (Å²) in [5.41, 5.74) is 9.13. The van der Waals surface area contributed by atoms with Crippen LogP contribution in [0.1, 0.15) is 41.9 Å². The highest BCUT2D eigenvalue weighted by Gasteiger charge is 2.25. The Labute approximate surface area is 235 Å². The molecule has 2 aliphatic heterocycles. The third-order valence-electron chi connectivity index (χ3n) is 6.99. The number of thiazole rings is 1. The fraction of sp³-hybridized carbons (Fsp3) is 0.423. The Hall–Kier alpha value is -3.32. The predicted molar refractivity (Wildman–Crippen MR) is 154 cm³/mol. The van der Waals surface area contributed by atoms with Crippen molar-refractivity contribution in [3.8, 4) is 11.5 Å². The van der Waals surface area contributed by atoms with Gasteiger partial charge in [-0.3, -0.25) is 9.78 Å². The smallest absolute Gasteiger partial charge is 0.277 e. The standard InChI is InChI=1S/C26H30N8O3S.ClH/c1-15-11-16(4-7-28-15)25-30-20(14-37-25)24(36)29-19-12-21-22(31-23(19)33-9-5-17(27)6-10-33)32-26(38-21)34-8-2-3-18(35)13-34;/h4,7,11-12,14,17-18,35H,2-3,5-6,8-10,13,27H2,1H3,(H,29,36);1H/t18-;/m0./s1. The van der Waals surface area contributed by atoms with Crippen molar-refractivity contribution in [3.63, 3.8) is 0 Å². The summed E-state index contributed by atoms with van der Waals surface area (Å²) in [6.45, 7) is 4.78. The SMILES string of the molecule is Cc1cc(-c2nc(C(=O)Nc3cc4sc(N5CCC[C@H](O)C5)nc4nc3N3CCC(N)CC3)co2)ccn1.Cl. The van der Waals surface area contributed by atoms with E-state index in [2.05, 4.69) is 25.1 Å². The summed E-state index contributed by atoms with van der Waals surface area (Å²) in [6, 6.07) is 5.74.